The molecule has 0 aliphatic heterocycles. The lowest BCUT2D eigenvalue weighted by atomic mass is 9.43. The summed E-state index contributed by atoms with van der Waals surface area (Å²) < 4.78 is 2.65. The number of thiophene rings is 1. The van der Waals surface area contributed by atoms with Gasteiger partial charge in [-0.3, -0.25) is 0 Å². The lowest BCUT2D eigenvalue weighted by Gasteiger charge is -2.61. The minimum Gasteiger partial charge on any atom is -0.310 e. The van der Waals surface area contributed by atoms with E-state index in [-0.39, 0.29) is 5.41 Å². The Morgan fingerprint density at radius 2 is 1.12 bits per heavy atom. The third-order valence-electron chi connectivity index (χ3n) is 13.6. The summed E-state index contributed by atoms with van der Waals surface area (Å²) in [6, 6.07) is 57.5. The van der Waals surface area contributed by atoms with E-state index in [4.69, 9.17) is 0 Å². The molecule has 0 atom stereocenters. The van der Waals surface area contributed by atoms with Gasteiger partial charge in [-0.1, -0.05) is 109 Å². The van der Waals surface area contributed by atoms with Gasteiger partial charge in [0.2, 0.25) is 0 Å². The minimum absolute atomic E-state index is 0.218. The predicted molar refractivity (Wildman–Crippen MR) is 220 cm³/mol. The van der Waals surface area contributed by atoms with Gasteiger partial charge < -0.3 is 4.90 Å². The second-order valence-electron chi connectivity index (χ2n) is 16.1. The predicted octanol–water partition coefficient (Wildman–Crippen LogP) is 14.1. The van der Waals surface area contributed by atoms with Crippen molar-refractivity contribution in [3.63, 3.8) is 0 Å². The van der Waals surface area contributed by atoms with E-state index in [0.717, 1.165) is 23.7 Å². The Balaban J connectivity index is 0.973. The summed E-state index contributed by atoms with van der Waals surface area (Å²) in [5.41, 5.74) is 12.6. The highest BCUT2D eigenvalue weighted by atomic mass is 32.1. The molecule has 4 fully saturated rings. The largest absolute Gasteiger partial charge is 0.310 e. The summed E-state index contributed by atoms with van der Waals surface area (Å²) in [6.45, 7) is 0. The maximum Gasteiger partial charge on any atom is 0.0540 e. The number of benzene rings is 7. The van der Waals surface area contributed by atoms with Crippen LogP contribution in [0.1, 0.15) is 43.2 Å². The first-order valence-electron chi connectivity index (χ1n) is 19.3. The van der Waals surface area contributed by atoms with Crippen LogP contribution in [0.15, 0.2) is 152 Å². The van der Waals surface area contributed by atoms with E-state index in [1.165, 1.54) is 102 Å². The number of hydrogen-bond donors (Lipinski definition) is 0. The van der Waals surface area contributed by atoms with Crippen molar-refractivity contribution in [1.29, 1.82) is 0 Å². The molecule has 250 valence electrons. The monoisotopic (exact) mass is 685 g/mol. The van der Waals surface area contributed by atoms with Crippen LogP contribution in [0.25, 0.3) is 53.2 Å². The van der Waals surface area contributed by atoms with Crippen molar-refractivity contribution >= 4 is 59.3 Å². The number of nitrogens with zero attached hydrogens (tertiary/aromatic N) is 1. The zero-order valence-corrected chi connectivity index (χ0v) is 30.0. The van der Waals surface area contributed by atoms with Gasteiger partial charge in [0.15, 0.2) is 0 Å². The lowest BCUT2D eigenvalue weighted by molar-refractivity contribution is -0.0399. The molecule has 4 bridgehead atoms. The van der Waals surface area contributed by atoms with E-state index >= 15 is 0 Å². The summed E-state index contributed by atoms with van der Waals surface area (Å²) in [6.07, 6.45) is 7.18. The van der Waals surface area contributed by atoms with Gasteiger partial charge in [-0.05, 0) is 137 Å². The zero-order chi connectivity index (χ0) is 34.0. The van der Waals surface area contributed by atoms with Gasteiger partial charge in [0.05, 0.1) is 5.69 Å². The van der Waals surface area contributed by atoms with Crippen molar-refractivity contribution in [3.8, 4) is 22.3 Å². The van der Waals surface area contributed by atoms with E-state index in [9.17, 15) is 0 Å². The van der Waals surface area contributed by atoms with E-state index in [2.05, 4.69) is 157 Å². The second-order valence-corrected chi connectivity index (χ2v) is 17.2. The smallest absolute Gasteiger partial charge is 0.0540 e. The van der Waals surface area contributed by atoms with Crippen LogP contribution in [0.3, 0.4) is 0 Å². The molecule has 0 radical (unpaired) electrons. The molecule has 1 heterocycles. The topological polar surface area (TPSA) is 3.24 Å². The first-order chi connectivity index (χ1) is 25.7. The summed E-state index contributed by atoms with van der Waals surface area (Å²) >= 11 is 1.88. The maximum absolute atomic E-state index is 2.55. The normalized spacial score (nSPS) is 23.8. The summed E-state index contributed by atoms with van der Waals surface area (Å²) in [7, 11) is 0. The summed E-state index contributed by atoms with van der Waals surface area (Å²) in [4.78, 5) is 2.45. The molecule has 0 N–H and O–H groups in total. The van der Waals surface area contributed by atoms with E-state index < -0.39 is 0 Å². The average molecular weight is 686 g/mol. The molecule has 1 nitrogen and oxygen atoms in total. The van der Waals surface area contributed by atoms with Crippen LogP contribution < -0.4 is 4.90 Å². The van der Waals surface area contributed by atoms with Gasteiger partial charge in [-0.15, -0.1) is 11.3 Å². The fourth-order valence-electron chi connectivity index (χ4n) is 11.8. The molecule has 8 aromatic rings. The highest BCUT2D eigenvalue weighted by Crippen LogP contribution is 2.69. The highest BCUT2D eigenvalue weighted by Gasteiger charge is 2.61. The molecule has 52 heavy (non-hydrogen) atoms. The Labute approximate surface area is 309 Å². The number of hydrogen-bond acceptors (Lipinski definition) is 2. The molecular weight excluding hydrogens is 647 g/mol. The third-order valence-corrected chi connectivity index (χ3v) is 14.8. The molecule has 0 unspecified atom stereocenters. The third kappa shape index (κ3) is 4.05. The standard InChI is InChI=1S/C50H39NS/c1-2-10-40-34(8-1)9-7-14-47(40)51(39-21-22-43-42-12-4-6-15-48(42)52-49(43)30-39)38-19-16-33(17-20-38)35-18-23-46-44(29-35)41-11-3-5-13-45(41)50(46)36-25-31-24-32(27-36)28-37(50)26-31/h1-23,29-32,36-37H,24-28H2. The molecule has 2 heteroatoms. The molecule has 7 aromatic carbocycles. The Kier molecular flexibility index (Phi) is 6.17. The molecule has 0 saturated heterocycles. The fourth-order valence-corrected chi connectivity index (χ4v) is 13.0. The SMILES string of the molecule is c1ccc2c(c1)-c1cc(-c3ccc(N(c4ccc5c(c4)sc4ccccc45)c4cccc5ccccc45)cc3)ccc1C21C2CC3CC(C2)CC1C3. The first kappa shape index (κ1) is 29.4. The van der Waals surface area contributed by atoms with Crippen LogP contribution in [-0.2, 0) is 5.41 Å². The van der Waals surface area contributed by atoms with Crippen molar-refractivity contribution < 1.29 is 0 Å². The van der Waals surface area contributed by atoms with Crippen molar-refractivity contribution in [2.24, 2.45) is 23.7 Å². The fraction of sp³-hybridized carbons (Fsp3) is 0.200. The quantitative estimate of drug-likeness (QED) is 0.178. The Morgan fingerprint density at radius 3 is 1.96 bits per heavy atom. The first-order valence-corrected chi connectivity index (χ1v) is 20.1. The Morgan fingerprint density at radius 1 is 0.462 bits per heavy atom. The van der Waals surface area contributed by atoms with Gasteiger partial charge in [-0.25, -0.2) is 0 Å². The Bertz CT molecular complexity index is 2680. The van der Waals surface area contributed by atoms with E-state index in [1.54, 1.807) is 11.1 Å². The zero-order valence-electron chi connectivity index (χ0n) is 29.1. The van der Waals surface area contributed by atoms with E-state index in [1.807, 2.05) is 11.3 Å². The van der Waals surface area contributed by atoms with Gasteiger partial charge >= 0.3 is 0 Å². The van der Waals surface area contributed by atoms with Gasteiger partial charge in [0.1, 0.15) is 0 Å². The molecule has 5 aliphatic carbocycles. The minimum atomic E-state index is 0.218. The lowest BCUT2D eigenvalue weighted by Crippen LogP contribution is -2.55. The van der Waals surface area contributed by atoms with Crippen molar-refractivity contribution in [1.82, 2.24) is 0 Å². The van der Waals surface area contributed by atoms with Gasteiger partial charge in [0, 0.05) is 42.3 Å². The van der Waals surface area contributed by atoms with Crippen LogP contribution >= 0.6 is 11.3 Å². The van der Waals surface area contributed by atoms with Crippen LogP contribution in [0, 0.1) is 23.7 Å². The molecule has 5 aliphatic rings. The maximum atomic E-state index is 2.55. The van der Waals surface area contributed by atoms with Crippen LogP contribution in [0.5, 0.6) is 0 Å². The summed E-state index contributed by atoms with van der Waals surface area (Å²) in [5, 5.41) is 5.16. The number of rotatable bonds is 4. The van der Waals surface area contributed by atoms with Crippen molar-refractivity contribution in [3.05, 3.63) is 163 Å². The van der Waals surface area contributed by atoms with Crippen LogP contribution in [0.2, 0.25) is 0 Å². The van der Waals surface area contributed by atoms with Crippen LogP contribution in [0.4, 0.5) is 17.1 Å². The second kappa shape index (κ2) is 10.9. The number of fused-ring (bicyclic) bond motifs is 7. The summed E-state index contributed by atoms with van der Waals surface area (Å²) in [5.74, 6) is 3.51. The molecule has 1 aromatic heterocycles. The molecule has 1 spiro atoms. The van der Waals surface area contributed by atoms with Gasteiger partial charge in [0.25, 0.3) is 0 Å². The van der Waals surface area contributed by atoms with Crippen molar-refractivity contribution in [2.45, 2.75) is 37.5 Å². The van der Waals surface area contributed by atoms with E-state index in [0.29, 0.717) is 0 Å². The number of anilines is 3. The molecule has 4 saturated carbocycles. The van der Waals surface area contributed by atoms with Gasteiger partial charge in [-0.2, -0.15) is 0 Å². The van der Waals surface area contributed by atoms with Crippen molar-refractivity contribution in [2.75, 3.05) is 4.90 Å². The molecule has 13 rings (SSSR count). The van der Waals surface area contributed by atoms with Crippen LogP contribution in [-0.4, -0.2) is 0 Å². The highest BCUT2D eigenvalue weighted by molar-refractivity contribution is 7.25. The average Bonchev–Trinajstić information content (AvgIpc) is 3.70. The Hall–Kier alpha value is -5.18. The molecule has 0 amide bonds. The molecular formula is C50H39NS.